The summed E-state index contributed by atoms with van der Waals surface area (Å²) >= 11 is 0. The first kappa shape index (κ1) is 18.8. The van der Waals surface area contributed by atoms with E-state index in [-0.39, 0.29) is 6.03 Å². The number of carbonyl (C=O) groups excluding carboxylic acids is 1. The molecule has 136 valence electrons. The molecule has 0 fully saturated rings. The van der Waals surface area contributed by atoms with Crippen molar-refractivity contribution in [3.05, 3.63) is 42.1 Å². The number of nitrogens with one attached hydrogen (secondary N) is 3. The predicted molar refractivity (Wildman–Crippen MR) is 102 cm³/mol. The molecular weight excluding hydrogens is 314 g/mol. The van der Waals surface area contributed by atoms with Crippen LogP contribution in [0.3, 0.4) is 0 Å². The fourth-order valence-corrected chi connectivity index (χ4v) is 2.64. The number of amides is 2. The second kappa shape index (κ2) is 9.11. The maximum Gasteiger partial charge on any atom is 0.319 e. The summed E-state index contributed by atoms with van der Waals surface area (Å²) in [5.41, 5.74) is 1.98. The van der Waals surface area contributed by atoms with E-state index < -0.39 is 0 Å². The third kappa shape index (κ3) is 5.52. The van der Waals surface area contributed by atoms with E-state index in [1.807, 2.05) is 38.4 Å². The molecule has 3 N–H and O–H groups in total. The Morgan fingerprint density at radius 2 is 1.96 bits per heavy atom. The molecule has 25 heavy (non-hydrogen) atoms. The molecule has 2 rings (SSSR count). The lowest BCUT2D eigenvalue weighted by Gasteiger charge is -2.09. The molecule has 0 atom stereocenters. The first-order valence-corrected chi connectivity index (χ1v) is 8.93. The third-order valence-corrected chi connectivity index (χ3v) is 3.88. The number of nitrogens with zero attached hydrogens (tertiary/aromatic N) is 2. The molecule has 1 aromatic heterocycles. The van der Waals surface area contributed by atoms with Crippen LogP contribution in [0.2, 0.25) is 0 Å². The average molecular weight is 344 g/mol. The van der Waals surface area contributed by atoms with Gasteiger partial charge in [0.2, 0.25) is 6.20 Å². The molecule has 0 radical (unpaired) electrons. The van der Waals surface area contributed by atoms with Gasteiger partial charge in [0.05, 0.1) is 7.05 Å². The van der Waals surface area contributed by atoms with E-state index in [1.165, 1.54) is 5.56 Å². The second-order valence-electron chi connectivity index (χ2n) is 6.65. The Labute approximate surface area is 150 Å². The Morgan fingerprint density at radius 3 is 2.60 bits per heavy atom. The third-order valence-electron chi connectivity index (χ3n) is 3.88. The van der Waals surface area contributed by atoms with Crippen molar-refractivity contribution in [2.75, 3.05) is 17.2 Å². The van der Waals surface area contributed by atoms with Gasteiger partial charge in [-0.2, -0.15) is 0 Å². The summed E-state index contributed by atoms with van der Waals surface area (Å²) in [5, 5.41) is 9.27. The fourth-order valence-electron chi connectivity index (χ4n) is 2.64. The van der Waals surface area contributed by atoms with E-state index >= 15 is 0 Å². The molecule has 0 unspecified atom stereocenters. The first-order valence-electron chi connectivity index (χ1n) is 8.93. The number of hydrogen-bond donors (Lipinski definition) is 3. The van der Waals surface area contributed by atoms with Gasteiger partial charge < -0.3 is 10.6 Å². The lowest BCUT2D eigenvalue weighted by molar-refractivity contribution is -0.776. The molecule has 0 aliphatic carbocycles. The maximum absolute atomic E-state index is 12.1. The number of urea groups is 1. The number of hydrogen-bond acceptors (Lipinski definition) is 2. The Balaban J connectivity index is 2.18. The highest BCUT2D eigenvalue weighted by Crippen LogP contribution is 2.20. The quantitative estimate of drug-likeness (QED) is 0.644. The van der Waals surface area contributed by atoms with E-state index in [0.29, 0.717) is 19.0 Å². The number of aromatic nitrogens is 2. The fraction of sp³-hybridized carbons (Fsp3) is 0.474. The van der Waals surface area contributed by atoms with Gasteiger partial charge >= 0.3 is 6.03 Å². The second-order valence-corrected chi connectivity index (χ2v) is 6.65. The van der Waals surface area contributed by atoms with Crippen LogP contribution in [0.1, 0.15) is 32.8 Å². The highest BCUT2D eigenvalue weighted by molar-refractivity contribution is 5.91. The van der Waals surface area contributed by atoms with Crippen LogP contribution in [0.5, 0.6) is 0 Å². The van der Waals surface area contributed by atoms with Gasteiger partial charge in [-0.1, -0.05) is 51.1 Å². The van der Waals surface area contributed by atoms with Gasteiger partial charge in [0.25, 0.3) is 0 Å². The minimum absolute atomic E-state index is 0.174. The van der Waals surface area contributed by atoms with Crippen LogP contribution >= 0.6 is 0 Å². The molecular formula is C19H30N5O+. The van der Waals surface area contributed by atoms with Crippen molar-refractivity contribution < 1.29 is 9.48 Å². The minimum atomic E-state index is -0.174. The Bertz CT molecular complexity index is 679. The van der Waals surface area contributed by atoms with Crippen LogP contribution in [0.4, 0.5) is 16.3 Å². The largest absolute Gasteiger partial charge is 0.361 e. The highest BCUT2D eigenvalue weighted by atomic mass is 16.2. The molecule has 2 amide bonds. The van der Waals surface area contributed by atoms with Crippen molar-refractivity contribution in [3.8, 4) is 0 Å². The normalized spacial score (nSPS) is 10.8. The molecule has 6 heteroatoms. The van der Waals surface area contributed by atoms with Gasteiger partial charge in [0.15, 0.2) is 18.1 Å². The van der Waals surface area contributed by atoms with E-state index in [1.54, 1.807) is 0 Å². The van der Waals surface area contributed by atoms with Crippen molar-refractivity contribution in [2.24, 2.45) is 13.0 Å². The van der Waals surface area contributed by atoms with Gasteiger partial charge in [-0.25, -0.2) is 4.79 Å². The smallest absolute Gasteiger partial charge is 0.319 e. The minimum Gasteiger partial charge on any atom is -0.361 e. The molecule has 0 spiro atoms. The number of anilines is 2. The summed E-state index contributed by atoms with van der Waals surface area (Å²) in [7, 11) is 2.00. The molecule has 6 nitrogen and oxygen atoms in total. The highest BCUT2D eigenvalue weighted by Gasteiger charge is 2.21. The van der Waals surface area contributed by atoms with E-state index in [0.717, 1.165) is 24.5 Å². The summed E-state index contributed by atoms with van der Waals surface area (Å²) in [4.78, 5) is 12.1. The Hall–Kier alpha value is -2.50. The van der Waals surface area contributed by atoms with Gasteiger partial charge in [0, 0.05) is 19.0 Å². The molecule has 0 aliphatic heterocycles. The SMILES string of the molecule is CCCNC(=O)Nc1c[n+](CC(C)C)n(C)c1NCc1ccccc1. The molecule has 0 saturated carbocycles. The van der Waals surface area contributed by atoms with Crippen molar-refractivity contribution >= 4 is 17.5 Å². The van der Waals surface area contributed by atoms with E-state index in [2.05, 4.69) is 51.3 Å². The summed E-state index contributed by atoms with van der Waals surface area (Å²) in [6.45, 7) is 8.64. The maximum atomic E-state index is 12.1. The van der Waals surface area contributed by atoms with Crippen LogP contribution in [0.25, 0.3) is 0 Å². The van der Waals surface area contributed by atoms with Gasteiger partial charge in [-0.05, 0) is 12.0 Å². The van der Waals surface area contributed by atoms with E-state index in [4.69, 9.17) is 0 Å². The van der Waals surface area contributed by atoms with Crippen LogP contribution in [0, 0.1) is 5.92 Å². The zero-order valence-electron chi connectivity index (χ0n) is 15.7. The van der Waals surface area contributed by atoms with Crippen molar-refractivity contribution in [1.29, 1.82) is 0 Å². The first-order chi connectivity index (χ1) is 12.0. The lowest BCUT2D eigenvalue weighted by Crippen LogP contribution is -2.43. The molecule has 0 saturated heterocycles. The van der Waals surface area contributed by atoms with Crippen molar-refractivity contribution in [1.82, 2.24) is 10.00 Å². The molecule has 2 aromatic rings. The van der Waals surface area contributed by atoms with Gasteiger partial charge in [-0.15, -0.1) is 9.36 Å². The predicted octanol–water partition coefficient (Wildman–Crippen LogP) is 3.11. The van der Waals surface area contributed by atoms with Crippen LogP contribution < -0.4 is 20.6 Å². The van der Waals surface area contributed by atoms with Crippen LogP contribution in [-0.4, -0.2) is 17.3 Å². The van der Waals surface area contributed by atoms with Crippen molar-refractivity contribution in [3.63, 3.8) is 0 Å². The summed E-state index contributed by atoms with van der Waals surface area (Å²) < 4.78 is 4.17. The Morgan fingerprint density at radius 1 is 1.24 bits per heavy atom. The number of carbonyl (C=O) groups is 1. The van der Waals surface area contributed by atoms with Gasteiger partial charge in [0.1, 0.15) is 0 Å². The summed E-state index contributed by atoms with van der Waals surface area (Å²) in [5.74, 6) is 1.42. The summed E-state index contributed by atoms with van der Waals surface area (Å²) in [6, 6.07) is 10.1. The number of benzene rings is 1. The molecule has 0 bridgehead atoms. The molecule has 0 aliphatic rings. The molecule has 1 aromatic carbocycles. The zero-order chi connectivity index (χ0) is 18.2. The zero-order valence-corrected chi connectivity index (χ0v) is 15.7. The monoisotopic (exact) mass is 344 g/mol. The lowest BCUT2D eigenvalue weighted by atomic mass is 10.2. The van der Waals surface area contributed by atoms with Gasteiger partial charge in [-0.3, -0.25) is 5.32 Å². The average Bonchev–Trinajstić information content (AvgIpc) is 2.86. The standard InChI is InChI=1S/C19H29N5O/c1-5-11-20-19(25)22-17-14-24(13-15(2)3)23(4)18(17)21-12-16-9-7-6-8-10-16/h6-10,14-15H,5,11-13H2,1-4H3,(H2,20,22,25)/p+1. The van der Waals surface area contributed by atoms with Crippen molar-refractivity contribution in [2.45, 2.75) is 40.3 Å². The summed E-state index contributed by atoms with van der Waals surface area (Å²) in [6.07, 6.45) is 2.90. The Kier molecular flexibility index (Phi) is 6.86. The topological polar surface area (TPSA) is 62.0 Å². The number of rotatable bonds is 8. The van der Waals surface area contributed by atoms with Crippen LogP contribution in [0.15, 0.2) is 36.5 Å². The van der Waals surface area contributed by atoms with Crippen LogP contribution in [-0.2, 0) is 20.1 Å². The molecule has 1 heterocycles. The van der Waals surface area contributed by atoms with E-state index in [9.17, 15) is 4.79 Å².